The number of imide groups is 1. The Kier molecular flexibility index (Phi) is 2.97. The van der Waals surface area contributed by atoms with Gasteiger partial charge in [0.1, 0.15) is 18.9 Å². The van der Waals surface area contributed by atoms with Gasteiger partial charge in [-0.3, -0.25) is 19.7 Å². The van der Waals surface area contributed by atoms with E-state index in [9.17, 15) is 18.8 Å². The lowest BCUT2D eigenvalue weighted by Gasteiger charge is -2.25. The highest BCUT2D eigenvalue weighted by molar-refractivity contribution is 6.07. The van der Waals surface area contributed by atoms with E-state index in [1.807, 2.05) is 0 Å². The van der Waals surface area contributed by atoms with E-state index in [4.69, 9.17) is 5.73 Å². The van der Waals surface area contributed by atoms with Gasteiger partial charge in [0.05, 0.1) is 11.3 Å². The Morgan fingerprint density at radius 1 is 1.28 bits per heavy atom. The highest BCUT2D eigenvalue weighted by Gasteiger charge is 2.28. The maximum Gasteiger partial charge on any atom is 0.256 e. The Morgan fingerprint density at radius 2 is 1.89 bits per heavy atom. The number of anilines is 1. The normalized spacial score (nSPS) is 15.5. The Balaban J connectivity index is 2.28. The van der Waals surface area contributed by atoms with Gasteiger partial charge in [0.2, 0.25) is 11.8 Å². The summed E-state index contributed by atoms with van der Waals surface area (Å²) in [6, 6.07) is 3.81. The zero-order valence-electron chi connectivity index (χ0n) is 9.27. The van der Waals surface area contributed by atoms with Gasteiger partial charge in [-0.2, -0.15) is 0 Å². The summed E-state index contributed by atoms with van der Waals surface area (Å²) in [5.41, 5.74) is 5.10. The summed E-state index contributed by atoms with van der Waals surface area (Å²) in [5.74, 6) is -2.51. The van der Waals surface area contributed by atoms with Crippen molar-refractivity contribution in [2.75, 3.05) is 18.8 Å². The minimum absolute atomic E-state index is 0.0579. The first-order valence-corrected chi connectivity index (χ1v) is 5.15. The summed E-state index contributed by atoms with van der Waals surface area (Å²) >= 11 is 0. The lowest BCUT2D eigenvalue weighted by atomic mass is 10.1. The van der Waals surface area contributed by atoms with E-state index in [1.54, 1.807) is 0 Å². The number of hydrogen-bond acceptors (Lipinski definition) is 4. The molecule has 0 bridgehead atoms. The molecule has 6 nitrogen and oxygen atoms in total. The fraction of sp³-hybridized carbons (Fsp3) is 0.182. The monoisotopic (exact) mass is 251 g/mol. The summed E-state index contributed by atoms with van der Waals surface area (Å²) in [5, 5.41) is 2.06. The number of rotatable bonds is 1. The molecule has 1 aliphatic heterocycles. The Bertz CT molecular complexity index is 528. The molecule has 2 rings (SSSR count). The third-order valence-corrected chi connectivity index (χ3v) is 2.52. The van der Waals surface area contributed by atoms with Crippen molar-refractivity contribution in [1.82, 2.24) is 10.2 Å². The number of carbonyl (C=O) groups excluding carboxylic acids is 3. The summed E-state index contributed by atoms with van der Waals surface area (Å²) < 4.78 is 13.2. The van der Waals surface area contributed by atoms with E-state index in [1.165, 1.54) is 12.1 Å². The highest BCUT2D eigenvalue weighted by Crippen LogP contribution is 2.18. The maximum absolute atomic E-state index is 13.2. The van der Waals surface area contributed by atoms with Gasteiger partial charge in [-0.1, -0.05) is 6.07 Å². The Hall–Kier alpha value is -2.44. The first-order chi connectivity index (χ1) is 8.49. The molecule has 3 amide bonds. The minimum atomic E-state index is -0.714. The largest absolute Gasteiger partial charge is 0.396 e. The van der Waals surface area contributed by atoms with Gasteiger partial charge >= 0.3 is 0 Å². The molecule has 0 atom stereocenters. The molecule has 0 spiro atoms. The number of hydrogen-bond donors (Lipinski definition) is 2. The van der Waals surface area contributed by atoms with Gasteiger partial charge < -0.3 is 10.6 Å². The van der Waals surface area contributed by atoms with Crippen molar-refractivity contribution < 1.29 is 18.8 Å². The fourth-order valence-corrected chi connectivity index (χ4v) is 1.67. The molecule has 0 aliphatic carbocycles. The Morgan fingerprint density at radius 3 is 2.50 bits per heavy atom. The standard InChI is InChI=1S/C11H10FN3O3/c12-7-3-1-2-6(10(7)13)11(18)15-4-8(16)14-9(17)5-15/h1-3H,4-5,13H2,(H,14,16,17). The lowest BCUT2D eigenvalue weighted by molar-refractivity contribution is -0.135. The van der Waals surface area contributed by atoms with Crippen LogP contribution in [0.1, 0.15) is 10.4 Å². The van der Waals surface area contributed by atoms with Crippen molar-refractivity contribution in [3.8, 4) is 0 Å². The van der Waals surface area contributed by atoms with Crippen molar-refractivity contribution in [2.24, 2.45) is 0 Å². The average Bonchev–Trinajstić information content (AvgIpc) is 2.30. The van der Waals surface area contributed by atoms with Crippen LogP contribution < -0.4 is 11.1 Å². The van der Waals surface area contributed by atoms with Crippen LogP contribution in [0.15, 0.2) is 18.2 Å². The van der Waals surface area contributed by atoms with E-state index < -0.39 is 23.5 Å². The highest BCUT2D eigenvalue weighted by atomic mass is 19.1. The van der Waals surface area contributed by atoms with E-state index in [0.29, 0.717) is 0 Å². The zero-order valence-corrected chi connectivity index (χ0v) is 9.27. The smallest absolute Gasteiger partial charge is 0.256 e. The molecule has 1 aliphatic rings. The summed E-state index contributed by atoms with van der Waals surface area (Å²) in [4.78, 5) is 35.3. The second-order valence-electron chi connectivity index (χ2n) is 3.83. The molecule has 0 aromatic heterocycles. The second-order valence-corrected chi connectivity index (χ2v) is 3.83. The van der Waals surface area contributed by atoms with Gasteiger partial charge in [0.25, 0.3) is 5.91 Å². The van der Waals surface area contributed by atoms with Gasteiger partial charge in [-0.05, 0) is 12.1 Å². The van der Waals surface area contributed by atoms with Crippen molar-refractivity contribution in [3.63, 3.8) is 0 Å². The van der Waals surface area contributed by atoms with Crippen LogP contribution in [0.4, 0.5) is 10.1 Å². The third-order valence-electron chi connectivity index (χ3n) is 2.52. The number of halogens is 1. The fourth-order valence-electron chi connectivity index (χ4n) is 1.67. The number of nitrogens with one attached hydrogen (secondary N) is 1. The van der Waals surface area contributed by atoms with Crippen LogP contribution in [-0.4, -0.2) is 35.7 Å². The number of carbonyl (C=O) groups is 3. The number of nitrogens with two attached hydrogens (primary N) is 1. The van der Waals surface area contributed by atoms with Crippen molar-refractivity contribution in [2.45, 2.75) is 0 Å². The van der Waals surface area contributed by atoms with Crippen LogP contribution in [0.5, 0.6) is 0 Å². The van der Waals surface area contributed by atoms with Gasteiger partial charge in [0, 0.05) is 0 Å². The zero-order chi connectivity index (χ0) is 13.3. The molecule has 18 heavy (non-hydrogen) atoms. The van der Waals surface area contributed by atoms with Crippen LogP contribution in [-0.2, 0) is 9.59 Å². The average molecular weight is 251 g/mol. The molecule has 1 aromatic carbocycles. The predicted octanol–water partition coefficient (Wildman–Crippen LogP) is -0.494. The molecule has 0 radical (unpaired) electrons. The third kappa shape index (κ3) is 2.15. The van der Waals surface area contributed by atoms with Crippen LogP contribution in [0.3, 0.4) is 0 Å². The molecular formula is C11H10FN3O3. The SMILES string of the molecule is Nc1c(F)cccc1C(=O)N1CC(=O)NC(=O)C1. The van der Waals surface area contributed by atoms with Crippen molar-refractivity contribution in [3.05, 3.63) is 29.6 Å². The van der Waals surface area contributed by atoms with E-state index in [2.05, 4.69) is 5.32 Å². The molecule has 0 saturated carbocycles. The molecule has 0 unspecified atom stereocenters. The van der Waals surface area contributed by atoms with Crippen LogP contribution in [0.25, 0.3) is 0 Å². The van der Waals surface area contributed by atoms with Crippen LogP contribution >= 0.6 is 0 Å². The molecule has 1 heterocycles. The number of nitrogen functional groups attached to an aromatic ring is 1. The van der Waals surface area contributed by atoms with E-state index in [0.717, 1.165) is 11.0 Å². The quantitative estimate of drug-likeness (QED) is 0.520. The summed E-state index contributed by atoms with van der Waals surface area (Å²) in [7, 11) is 0. The van der Waals surface area contributed by atoms with Crippen molar-refractivity contribution in [1.29, 1.82) is 0 Å². The number of amides is 3. The molecule has 94 valence electrons. The number of piperazine rings is 1. The Labute approximate surface area is 102 Å². The summed E-state index contributed by atoms with van der Waals surface area (Å²) in [6.45, 7) is -0.499. The van der Waals surface area contributed by atoms with Gasteiger partial charge in [0.15, 0.2) is 0 Å². The molecule has 7 heteroatoms. The van der Waals surface area contributed by atoms with E-state index >= 15 is 0 Å². The topological polar surface area (TPSA) is 92.5 Å². The molecule has 1 fully saturated rings. The first-order valence-electron chi connectivity index (χ1n) is 5.15. The second kappa shape index (κ2) is 4.44. The molecular weight excluding hydrogens is 241 g/mol. The molecule has 1 aromatic rings. The maximum atomic E-state index is 13.2. The predicted molar refractivity (Wildman–Crippen MR) is 59.9 cm³/mol. The molecule has 1 saturated heterocycles. The summed E-state index contributed by atoms with van der Waals surface area (Å²) in [6.07, 6.45) is 0. The first kappa shape index (κ1) is 12.0. The molecule has 3 N–H and O–H groups in total. The van der Waals surface area contributed by atoms with E-state index in [-0.39, 0.29) is 24.3 Å². The number of benzene rings is 1. The number of para-hydroxylation sites is 1. The lowest BCUT2D eigenvalue weighted by Crippen LogP contribution is -2.53. The van der Waals surface area contributed by atoms with Crippen LogP contribution in [0, 0.1) is 5.82 Å². The van der Waals surface area contributed by atoms with Gasteiger partial charge in [-0.15, -0.1) is 0 Å². The van der Waals surface area contributed by atoms with Crippen molar-refractivity contribution >= 4 is 23.4 Å². The minimum Gasteiger partial charge on any atom is -0.396 e. The number of nitrogens with zero attached hydrogens (tertiary/aromatic N) is 1. The van der Waals surface area contributed by atoms with Gasteiger partial charge in [-0.25, -0.2) is 4.39 Å². The van der Waals surface area contributed by atoms with Crippen LogP contribution in [0.2, 0.25) is 0 Å².